The minimum atomic E-state index is -3.94. The Kier molecular flexibility index (Phi) is 4.73. The number of hydrogen-bond donors (Lipinski definition) is 1. The van der Waals surface area contributed by atoms with Crippen LogP contribution in [-0.2, 0) is 17.1 Å². The third-order valence-corrected chi connectivity index (χ3v) is 6.06. The Balaban J connectivity index is 2.19. The van der Waals surface area contributed by atoms with E-state index in [4.69, 9.17) is 9.15 Å². The zero-order valence-electron chi connectivity index (χ0n) is 16.1. The third-order valence-electron chi connectivity index (χ3n) is 4.53. The predicted octanol–water partition coefficient (Wildman–Crippen LogP) is 3.12. The van der Waals surface area contributed by atoms with Gasteiger partial charge in [-0.25, -0.2) is 8.42 Å². The summed E-state index contributed by atoms with van der Waals surface area (Å²) in [5.74, 6) is 0.970. The lowest BCUT2D eigenvalue weighted by Crippen LogP contribution is -2.15. The number of anilines is 1. The molecule has 0 bridgehead atoms. The molecule has 0 aliphatic rings. The van der Waals surface area contributed by atoms with Crippen LogP contribution in [0.2, 0.25) is 0 Å². The minimum absolute atomic E-state index is 0.106. The van der Waals surface area contributed by atoms with Gasteiger partial charge in [-0.05, 0) is 38.5 Å². The number of nitrogens with zero attached hydrogens (tertiary/aromatic N) is 3. The highest BCUT2D eigenvalue weighted by molar-refractivity contribution is 7.93. The molecular formula is C18H22N4O4S. The summed E-state index contributed by atoms with van der Waals surface area (Å²) in [6, 6.07) is 5.29. The van der Waals surface area contributed by atoms with Crippen LogP contribution in [0.4, 0.5) is 5.69 Å². The van der Waals surface area contributed by atoms with Crippen molar-refractivity contribution in [2.45, 2.75) is 32.6 Å². The van der Waals surface area contributed by atoms with Crippen LogP contribution in [0.25, 0.3) is 11.5 Å². The van der Waals surface area contributed by atoms with Gasteiger partial charge in [0.05, 0.1) is 18.4 Å². The van der Waals surface area contributed by atoms with Gasteiger partial charge in [0.25, 0.3) is 15.9 Å². The highest BCUT2D eigenvalue weighted by Gasteiger charge is 2.31. The van der Waals surface area contributed by atoms with E-state index in [0.717, 1.165) is 5.56 Å². The molecule has 0 saturated heterocycles. The number of aryl methyl sites for hydroxylation is 2. The molecule has 9 heteroatoms. The average molecular weight is 390 g/mol. The van der Waals surface area contributed by atoms with E-state index in [9.17, 15) is 8.42 Å². The molecule has 1 aromatic carbocycles. The second-order valence-electron chi connectivity index (χ2n) is 6.37. The number of hydrogen-bond acceptors (Lipinski definition) is 6. The molecule has 2 aromatic heterocycles. The fourth-order valence-corrected chi connectivity index (χ4v) is 4.57. The van der Waals surface area contributed by atoms with E-state index in [-0.39, 0.29) is 10.8 Å². The van der Waals surface area contributed by atoms with Gasteiger partial charge in [-0.3, -0.25) is 4.72 Å². The van der Waals surface area contributed by atoms with Crippen molar-refractivity contribution in [3.63, 3.8) is 0 Å². The molecule has 0 aliphatic carbocycles. The fourth-order valence-electron chi connectivity index (χ4n) is 2.99. The lowest BCUT2D eigenvalue weighted by molar-refractivity contribution is 0.417. The molecule has 0 aliphatic heterocycles. The first-order valence-electron chi connectivity index (χ1n) is 8.29. The molecule has 2 heterocycles. The van der Waals surface area contributed by atoms with Crippen molar-refractivity contribution in [3.05, 3.63) is 41.0 Å². The summed E-state index contributed by atoms with van der Waals surface area (Å²) in [7, 11) is -0.655. The third kappa shape index (κ3) is 3.30. The van der Waals surface area contributed by atoms with E-state index < -0.39 is 10.0 Å². The monoisotopic (exact) mass is 390 g/mol. The molecule has 8 nitrogen and oxygen atoms in total. The number of rotatable bonds is 5. The summed E-state index contributed by atoms with van der Waals surface area (Å²) in [6.07, 6.45) is 0. The molecule has 0 amide bonds. The maximum absolute atomic E-state index is 13.3. The van der Waals surface area contributed by atoms with Crippen LogP contribution in [0, 0.1) is 27.7 Å². The molecule has 3 rings (SSSR count). The molecule has 144 valence electrons. The number of nitrogens with one attached hydrogen (secondary N) is 1. The maximum atomic E-state index is 13.3. The van der Waals surface area contributed by atoms with E-state index >= 15 is 0 Å². The second-order valence-corrected chi connectivity index (χ2v) is 7.99. The van der Waals surface area contributed by atoms with Gasteiger partial charge in [0.1, 0.15) is 10.6 Å². The molecule has 0 saturated carbocycles. The van der Waals surface area contributed by atoms with Crippen LogP contribution < -0.4 is 9.46 Å². The van der Waals surface area contributed by atoms with Crippen molar-refractivity contribution in [3.8, 4) is 17.2 Å². The zero-order chi connectivity index (χ0) is 19.9. The standard InChI is InChI=1S/C18H22N4O4S/c1-10-7-8-15(25-6)14(9-10)21-27(23,24)17-12(3)22(5)11(2)16(17)18-20-19-13(4)26-18/h7-9,21H,1-6H3. The first-order valence-corrected chi connectivity index (χ1v) is 9.78. The SMILES string of the molecule is COc1ccc(C)cc1NS(=O)(=O)c1c(-c2nnc(C)o2)c(C)n(C)c1C. The van der Waals surface area contributed by atoms with Crippen molar-refractivity contribution < 1.29 is 17.6 Å². The Bertz CT molecular complexity index is 1110. The van der Waals surface area contributed by atoms with Crippen LogP contribution in [0.3, 0.4) is 0 Å². The van der Waals surface area contributed by atoms with Crippen molar-refractivity contribution in [2.75, 3.05) is 11.8 Å². The Morgan fingerprint density at radius 1 is 1.11 bits per heavy atom. The number of benzene rings is 1. The number of aromatic nitrogens is 3. The first-order chi connectivity index (χ1) is 12.7. The Morgan fingerprint density at radius 3 is 2.41 bits per heavy atom. The first kappa shape index (κ1) is 19.0. The Labute approximate surface area is 158 Å². The Hall–Kier alpha value is -2.81. The molecule has 27 heavy (non-hydrogen) atoms. The minimum Gasteiger partial charge on any atom is -0.495 e. The number of ether oxygens (including phenoxy) is 1. The van der Waals surface area contributed by atoms with Crippen LogP contribution in [-0.4, -0.2) is 30.3 Å². The second kappa shape index (κ2) is 6.73. The van der Waals surface area contributed by atoms with E-state index in [0.29, 0.717) is 34.3 Å². The molecule has 0 unspecified atom stereocenters. The zero-order valence-corrected chi connectivity index (χ0v) is 16.9. The summed E-state index contributed by atoms with van der Waals surface area (Å²) >= 11 is 0. The summed E-state index contributed by atoms with van der Waals surface area (Å²) in [5.41, 5.74) is 2.95. The molecule has 0 fully saturated rings. The normalized spacial score (nSPS) is 11.6. The van der Waals surface area contributed by atoms with Crippen LogP contribution in [0.1, 0.15) is 22.8 Å². The molecule has 3 aromatic rings. The van der Waals surface area contributed by atoms with Gasteiger partial charge in [-0.1, -0.05) is 6.07 Å². The highest BCUT2D eigenvalue weighted by Crippen LogP contribution is 2.36. The summed E-state index contributed by atoms with van der Waals surface area (Å²) in [6.45, 7) is 7.09. The Morgan fingerprint density at radius 2 is 1.81 bits per heavy atom. The molecule has 0 radical (unpaired) electrons. The van der Waals surface area contributed by atoms with Gasteiger partial charge in [-0.2, -0.15) is 0 Å². The smallest absolute Gasteiger partial charge is 0.264 e. The quantitative estimate of drug-likeness (QED) is 0.719. The van der Waals surface area contributed by atoms with E-state index in [1.165, 1.54) is 7.11 Å². The van der Waals surface area contributed by atoms with Gasteiger partial charge in [0, 0.05) is 25.4 Å². The van der Waals surface area contributed by atoms with Crippen molar-refractivity contribution in [1.29, 1.82) is 0 Å². The summed E-state index contributed by atoms with van der Waals surface area (Å²) in [5, 5.41) is 7.84. The van der Waals surface area contributed by atoms with Crippen molar-refractivity contribution in [2.24, 2.45) is 7.05 Å². The van der Waals surface area contributed by atoms with Gasteiger partial charge in [0.2, 0.25) is 5.89 Å². The van der Waals surface area contributed by atoms with Gasteiger partial charge < -0.3 is 13.7 Å². The van der Waals surface area contributed by atoms with Crippen molar-refractivity contribution >= 4 is 15.7 Å². The summed E-state index contributed by atoms with van der Waals surface area (Å²) in [4.78, 5) is 0.106. The van der Waals surface area contributed by atoms with Gasteiger partial charge >= 0.3 is 0 Å². The predicted molar refractivity (Wildman–Crippen MR) is 101 cm³/mol. The van der Waals surface area contributed by atoms with Gasteiger partial charge in [0.15, 0.2) is 0 Å². The highest BCUT2D eigenvalue weighted by atomic mass is 32.2. The number of methoxy groups -OCH3 is 1. The fraction of sp³-hybridized carbons (Fsp3) is 0.333. The van der Waals surface area contributed by atoms with Gasteiger partial charge in [-0.15, -0.1) is 10.2 Å². The number of sulfonamides is 1. The molecule has 1 N–H and O–H groups in total. The largest absolute Gasteiger partial charge is 0.495 e. The summed E-state index contributed by atoms with van der Waals surface area (Å²) < 4.78 is 41.8. The lowest BCUT2D eigenvalue weighted by Gasteiger charge is -2.13. The average Bonchev–Trinajstić information content (AvgIpc) is 3.11. The molecule has 0 atom stereocenters. The maximum Gasteiger partial charge on any atom is 0.264 e. The van der Waals surface area contributed by atoms with E-state index in [1.807, 2.05) is 19.9 Å². The van der Waals surface area contributed by atoms with E-state index in [2.05, 4.69) is 14.9 Å². The molecule has 0 spiro atoms. The van der Waals surface area contributed by atoms with Crippen molar-refractivity contribution in [1.82, 2.24) is 14.8 Å². The topological polar surface area (TPSA) is 99.2 Å². The van der Waals surface area contributed by atoms with E-state index in [1.54, 1.807) is 37.6 Å². The molecular weight excluding hydrogens is 368 g/mol. The van der Waals surface area contributed by atoms with Crippen LogP contribution in [0.15, 0.2) is 27.5 Å². The lowest BCUT2D eigenvalue weighted by atomic mass is 10.2. The van der Waals surface area contributed by atoms with Crippen LogP contribution >= 0.6 is 0 Å². The van der Waals surface area contributed by atoms with Crippen LogP contribution in [0.5, 0.6) is 5.75 Å².